The van der Waals surface area contributed by atoms with E-state index in [9.17, 15) is 14.4 Å². The van der Waals surface area contributed by atoms with Crippen molar-refractivity contribution >= 4 is 35.0 Å². The zero-order valence-corrected chi connectivity index (χ0v) is 18.9. The SMILES string of the molecule is CCC1(c2ccc(NC(=O)CCc3ncc(-c4ccc(Cl)cc4)o3)cc2)CCC(=O)NC1=O. The number of halogens is 1. The van der Waals surface area contributed by atoms with E-state index in [0.717, 1.165) is 11.1 Å². The molecule has 0 bridgehead atoms. The van der Waals surface area contributed by atoms with Crippen molar-refractivity contribution in [2.45, 2.75) is 44.4 Å². The normalized spacial score (nSPS) is 18.1. The van der Waals surface area contributed by atoms with Crippen LogP contribution in [0, 0.1) is 0 Å². The fourth-order valence-electron chi connectivity index (χ4n) is 4.06. The van der Waals surface area contributed by atoms with Crippen molar-refractivity contribution in [1.29, 1.82) is 0 Å². The van der Waals surface area contributed by atoms with Gasteiger partial charge in [-0.05, 0) is 54.8 Å². The molecule has 0 aliphatic carbocycles. The quantitative estimate of drug-likeness (QED) is 0.494. The van der Waals surface area contributed by atoms with Crippen molar-refractivity contribution in [3.63, 3.8) is 0 Å². The highest BCUT2D eigenvalue weighted by atomic mass is 35.5. The summed E-state index contributed by atoms with van der Waals surface area (Å²) in [4.78, 5) is 40.7. The van der Waals surface area contributed by atoms with E-state index in [2.05, 4.69) is 15.6 Å². The largest absolute Gasteiger partial charge is 0.441 e. The molecule has 170 valence electrons. The second-order valence-electron chi connectivity index (χ2n) is 8.06. The third-order valence-corrected chi connectivity index (χ3v) is 6.29. The summed E-state index contributed by atoms with van der Waals surface area (Å²) in [5.41, 5.74) is 1.62. The lowest BCUT2D eigenvalue weighted by atomic mass is 9.72. The Morgan fingerprint density at radius 2 is 1.88 bits per heavy atom. The van der Waals surface area contributed by atoms with Gasteiger partial charge in [0.1, 0.15) is 0 Å². The highest BCUT2D eigenvalue weighted by Gasteiger charge is 2.42. The molecule has 3 amide bonds. The maximum absolute atomic E-state index is 12.5. The Hall–Kier alpha value is -3.45. The van der Waals surface area contributed by atoms with E-state index in [4.69, 9.17) is 16.0 Å². The van der Waals surface area contributed by atoms with Crippen molar-refractivity contribution in [2.24, 2.45) is 0 Å². The lowest BCUT2D eigenvalue weighted by molar-refractivity contribution is -0.138. The van der Waals surface area contributed by atoms with Gasteiger partial charge in [0.05, 0.1) is 11.6 Å². The molecule has 0 radical (unpaired) electrons. The van der Waals surface area contributed by atoms with Crippen molar-refractivity contribution < 1.29 is 18.8 Å². The second kappa shape index (κ2) is 9.58. The zero-order valence-electron chi connectivity index (χ0n) is 18.2. The molecule has 1 saturated heterocycles. The van der Waals surface area contributed by atoms with Crippen molar-refractivity contribution in [3.8, 4) is 11.3 Å². The standard InChI is InChI=1S/C25H24ClN3O4/c1-2-25(14-13-22(31)29-24(25)32)17-5-9-19(10-6-17)28-21(30)11-12-23-27-15-20(33-23)16-3-7-18(26)8-4-16/h3-10,15H,2,11-14H2,1H3,(H,28,30)(H,29,31,32). The highest BCUT2D eigenvalue weighted by molar-refractivity contribution is 6.30. The van der Waals surface area contributed by atoms with Gasteiger partial charge in [-0.1, -0.05) is 30.7 Å². The number of anilines is 1. The number of piperidine rings is 1. The first-order chi connectivity index (χ1) is 15.9. The molecule has 1 aliphatic heterocycles. The molecule has 1 aliphatic rings. The van der Waals surface area contributed by atoms with Gasteiger partial charge in [-0.15, -0.1) is 0 Å². The molecule has 7 nitrogen and oxygen atoms in total. The molecule has 33 heavy (non-hydrogen) atoms. The molecule has 1 atom stereocenters. The van der Waals surface area contributed by atoms with E-state index in [1.165, 1.54) is 0 Å². The van der Waals surface area contributed by atoms with E-state index in [0.29, 0.717) is 48.0 Å². The van der Waals surface area contributed by atoms with Crippen molar-refractivity contribution in [3.05, 3.63) is 71.2 Å². The monoisotopic (exact) mass is 465 g/mol. The Morgan fingerprint density at radius 3 is 2.55 bits per heavy atom. The van der Waals surface area contributed by atoms with Crippen LogP contribution in [-0.4, -0.2) is 22.7 Å². The number of imide groups is 1. The number of nitrogens with one attached hydrogen (secondary N) is 2. The smallest absolute Gasteiger partial charge is 0.237 e. The van der Waals surface area contributed by atoms with E-state index >= 15 is 0 Å². The highest BCUT2D eigenvalue weighted by Crippen LogP contribution is 2.36. The van der Waals surface area contributed by atoms with Gasteiger partial charge in [0.2, 0.25) is 17.7 Å². The molecule has 0 saturated carbocycles. The number of oxazole rings is 1. The van der Waals surface area contributed by atoms with Crippen LogP contribution in [-0.2, 0) is 26.2 Å². The Balaban J connectivity index is 1.34. The van der Waals surface area contributed by atoms with Crippen LogP contribution in [0.15, 0.2) is 59.1 Å². The van der Waals surface area contributed by atoms with Gasteiger partial charge >= 0.3 is 0 Å². The lowest BCUT2D eigenvalue weighted by Crippen LogP contribution is -2.51. The summed E-state index contributed by atoms with van der Waals surface area (Å²) in [7, 11) is 0. The van der Waals surface area contributed by atoms with Crippen LogP contribution in [0.5, 0.6) is 0 Å². The number of hydrogen-bond donors (Lipinski definition) is 2. The first-order valence-electron chi connectivity index (χ1n) is 10.8. The molecule has 2 N–H and O–H groups in total. The predicted molar refractivity (Wildman–Crippen MR) is 125 cm³/mol. The minimum absolute atomic E-state index is 0.166. The fraction of sp³-hybridized carbons (Fsp3) is 0.280. The summed E-state index contributed by atoms with van der Waals surface area (Å²) in [5.74, 6) is 0.436. The average molecular weight is 466 g/mol. The summed E-state index contributed by atoms with van der Waals surface area (Å²) in [6, 6.07) is 14.5. The first-order valence-corrected chi connectivity index (χ1v) is 11.2. The van der Waals surface area contributed by atoms with Gasteiger partial charge in [-0.3, -0.25) is 19.7 Å². The molecular formula is C25H24ClN3O4. The summed E-state index contributed by atoms with van der Waals surface area (Å²) >= 11 is 5.91. The summed E-state index contributed by atoms with van der Waals surface area (Å²) in [6.45, 7) is 1.94. The third kappa shape index (κ3) is 4.98. The molecule has 1 aromatic heterocycles. The number of hydrogen-bond acceptors (Lipinski definition) is 5. The van der Waals surface area contributed by atoms with E-state index in [-0.39, 0.29) is 24.1 Å². The number of aromatic nitrogens is 1. The molecule has 3 aromatic rings. The Morgan fingerprint density at radius 1 is 1.15 bits per heavy atom. The predicted octanol–water partition coefficient (Wildman–Crippen LogP) is 4.65. The van der Waals surface area contributed by atoms with Gasteiger partial charge in [0.15, 0.2) is 11.7 Å². The second-order valence-corrected chi connectivity index (χ2v) is 8.50. The molecule has 4 rings (SSSR count). The summed E-state index contributed by atoms with van der Waals surface area (Å²) in [6.07, 6.45) is 3.60. The van der Waals surface area contributed by atoms with Crippen LogP contribution in [0.2, 0.25) is 5.02 Å². The maximum Gasteiger partial charge on any atom is 0.237 e. The zero-order chi connectivity index (χ0) is 23.4. The topological polar surface area (TPSA) is 101 Å². The Labute approximate surface area is 196 Å². The lowest BCUT2D eigenvalue weighted by Gasteiger charge is -2.35. The van der Waals surface area contributed by atoms with Gasteiger partial charge in [0, 0.05) is 35.5 Å². The first kappa shape index (κ1) is 22.7. The summed E-state index contributed by atoms with van der Waals surface area (Å²) < 4.78 is 5.74. The number of nitrogens with zero attached hydrogens (tertiary/aromatic N) is 1. The van der Waals surface area contributed by atoms with E-state index in [1.54, 1.807) is 30.5 Å². The molecular weight excluding hydrogens is 442 g/mol. The van der Waals surface area contributed by atoms with E-state index < -0.39 is 5.41 Å². The molecule has 1 fully saturated rings. The van der Waals surface area contributed by atoms with E-state index in [1.807, 2.05) is 31.2 Å². The van der Waals surface area contributed by atoms with Gasteiger partial charge < -0.3 is 9.73 Å². The number of carbonyl (C=O) groups excluding carboxylic acids is 3. The number of benzene rings is 2. The summed E-state index contributed by atoms with van der Waals surface area (Å²) in [5, 5.41) is 5.95. The van der Waals surface area contributed by atoms with Crippen LogP contribution in [0.1, 0.15) is 44.1 Å². The number of carbonyl (C=O) groups is 3. The minimum Gasteiger partial charge on any atom is -0.441 e. The van der Waals surface area contributed by atoms with Crippen molar-refractivity contribution in [2.75, 3.05) is 5.32 Å². The van der Waals surface area contributed by atoms with Gasteiger partial charge in [-0.2, -0.15) is 0 Å². The van der Waals surface area contributed by atoms with Crippen LogP contribution >= 0.6 is 11.6 Å². The molecule has 8 heteroatoms. The van der Waals surface area contributed by atoms with Crippen LogP contribution < -0.4 is 10.6 Å². The van der Waals surface area contributed by atoms with Gasteiger partial charge in [-0.25, -0.2) is 4.98 Å². The maximum atomic E-state index is 12.5. The number of amides is 3. The Bertz CT molecular complexity index is 1170. The van der Waals surface area contributed by atoms with Gasteiger partial charge in [0.25, 0.3) is 0 Å². The molecule has 2 heterocycles. The Kier molecular flexibility index (Phi) is 6.60. The average Bonchev–Trinajstić information content (AvgIpc) is 3.28. The minimum atomic E-state index is -0.719. The number of aryl methyl sites for hydroxylation is 1. The van der Waals surface area contributed by atoms with Crippen LogP contribution in [0.4, 0.5) is 5.69 Å². The third-order valence-electron chi connectivity index (χ3n) is 6.04. The van der Waals surface area contributed by atoms with Crippen molar-refractivity contribution in [1.82, 2.24) is 10.3 Å². The van der Waals surface area contributed by atoms with Crippen LogP contribution in [0.3, 0.4) is 0 Å². The molecule has 0 spiro atoms. The molecule has 1 unspecified atom stereocenters. The molecule has 2 aromatic carbocycles. The number of rotatable bonds is 7. The van der Waals surface area contributed by atoms with Crippen LogP contribution in [0.25, 0.3) is 11.3 Å². The fourth-order valence-corrected chi connectivity index (χ4v) is 4.18.